The molecule has 0 radical (unpaired) electrons. The van der Waals surface area contributed by atoms with E-state index in [0.717, 1.165) is 39.9 Å². The maximum atomic E-state index is 11.1. The van der Waals surface area contributed by atoms with Gasteiger partial charge in [-0.2, -0.15) is 0 Å². The van der Waals surface area contributed by atoms with Crippen molar-refractivity contribution in [3.05, 3.63) is 60.7 Å². The van der Waals surface area contributed by atoms with Crippen LogP contribution in [0.3, 0.4) is 0 Å². The molecule has 0 fully saturated rings. The molecular weight excluding hydrogens is 358 g/mol. The van der Waals surface area contributed by atoms with E-state index in [1.165, 1.54) is 7.11 Å². The molecule has 0 unspecified atom stereocenters. The summed E-state index contributed by atoms with van der Waals surface area (Å²) in [4.78, 5) is 17.1. The van der Waals surface area contributed by atoms with Crippen LogP contribution in [-0.2, 0) is 9.53 Å². The van der Waals surface area contributed by atoms with Crippen molar-refractivity contribution in [3.8, 4) is 21.7 Å². The summed E-state index contributed by atoms with van der Waals surface area (Å²) < 4.78 is 4.62. The number of carbonyl (C=O) groups excluding carboxylic acids is 1. The molecule has 3 aromatic rings. The highest BCUT2D eigenvalue weighted by Crippen LogP contribution is 2.38. The van der Waals surface area contributed by atoms with Crippen LogP contribution in [-0.4, -0.2) is 37.7 Å². The third-order valence-corrected chi connectivity index (χ3v) is 5.08. The Morgan fingerprint density at radius 2 is 1.63 bits per heavy atom. The SMILES string of the molecule is COC(=O)CCNCCNc1nc(-c2ccccc2)c(-c2ccccc2)s1. The van der Waals surface area contributed by atoms with Crippen molar-refractivity contribution in [2.45, 2.75) is 6.42 Å². The van der Waals surface area contributed by atoms with Crippen LogP contribution in [0.15, 0.2) is 60.7 Å². The third-order valence-electron chi connectivity index (χ3n) is 4.02. The minimum Gasteiger partial charge on any atom is -0.469 e. The van der Waals surface area contributed by atoms with E-state index < -0.39 is 0 Å². The molecule has 0 spiro atoms. The number of hydrogen-bond donors (Lipinski definition) is 2. The van der Waals surface area contributed by atoms with Gasteiger partial charge in [-0.1, -0.05) is 72.0 Å². The van der Waals surface area contributed by atoms with Crippen LogP contribution in [0.2, 0.25) is 0 Å². The van der Waals surface area contributed by atoms with Gasteiger partial charge in [0.15, 0.2) is 5.13 Å². The first kappa shape index (κ1) is 19.1. The molecule has 0 saturated heterocycles. The number of nitrogens with zero attached hydrogens (tertiary/aromatic N) is 1. The first-order chi connectivity index (χ1) is 13.3. The van der Waals surface area contributed by atoms with Gasteiger partial charge in [-0.15, -0.1) is 0 Å². The van der Waals surface area contributed by atoms with Crippen molar-refractivity contribution in [2.24, 2.45) is 0 Å². The minimum atomic E-state index is -0.199. The van der Waals surface area contributed by atoms with Crippen LogP contribution in [0, 0.1) is 0 Å². The normalized spacial score (nSPS) is 10.6. The van der Waals surface area contributed by atoms with Crippen LogP contribution < -0.4 is 10.6 Å². The van der Waals surface area contributed by atoms with Crippen LogP contribution in [0.5, 0.6) is 0 Å². The number of benzene rings is 2. The van der Waals surface area contributed by atoms with E-state index in [1.807, 2.05) is 36.4 Å². The van der Waals surface area contributed by atoms with Gasteiger partial charge >= 0.3 is 5.97 Å². The first-order valence-corrected chi connectivity index (χ1v) is 9.72. The Morgan fingerprint density at radius 3 is 2.30 bits per heavy atom. The molecule has 0 aliphatic heterocycles. The van der Waals surface area contributed by atoms with Gasteiger partial charge in [0.05, 0.1) is 24.1 Å². The maximum Gasteiger partial charge on any atom is 0.306 e. The molecule has 1 aromatic heterocycles. The Hall–Kier alpha value is -2.70. The highest BCUT2D eigenvalue weighted by Gasteiger charge is 2.14. The van der Waals surface area contributed by atoms with Gasteiger partial charge in [0, 0.05) is 25.2 Å². The Bertz CT molecular complexity index is 793. The summed E-state index contributed by atoms with van der Waals surface area (Å²) in [5, 5.41) is 7.49. The third kappa shape index (κ3) is 5.39. The van der Waals surface area contributed by atoms with Crippen LogP contribution >= 0.6 is 11.3 Å². The van der Waals surface area contributed by atoms with Crippen LogP contribution in [0.4, 0.5) is 5.13 Å². The van der Waals surface area contributed by atoms with Crippen molar-refractivity contribution in [2.75, 3.05) is 32.1 Å². The second-order valence-corrected chi connectivity index (χ2v) is 6.93. The summed E-state index contributed by atoms with van der Waals surface area (Å²) >= 11 is 1.66. The van der Waals surface area contributed by atoms with E-state index in [-0.39, 0.29) is 5.97 Å². The minimum absolute atomic E-state index is 0.199. The van der Waals surface area contributed by atoms with Crippen LogP contribution in [0.25, 0.3) is 21.7 Å². The van der Waals surface area contributed by atoms with Gasteiger partial charge in [0.1, 0.15) is 0 Å². The molecule has 3 rings (SSSR count). The summed E-state index contributed by atoms with van der Waals surface area (Å²) in [5.41, 5.74) is 3.27. The lowest BCUT2D eigenvalue weighted by atomic mass is 10.1. The quantitative estimate of drug-likeness (QED) is 0.433. The van der Waals surface area contributed by atoms with Gasteiger partial charge in [0.25, 0.3) is 0 Å². The molecule has 0 amide bonds. The molecule has 27 heavy (non-hydrogen) atoms. The lowest BCUT2D eigenvalue weighted by Gasteiger charge is -2.04. The van der Waals surface area contributed by atoms with Crippen molar-refractivity contribution in [1.82, 2.24) is 10.3 Å². The topological polar surface area (TPSA) is 63.2 Å². The van der Waals surface area contributed by atoms with E-state index in [4.69, 9.17) is 4.98 Å². The Balaban J connectivity index is 1.66. The number of aromatic nitrogens is 1. The lowest BCUT2D eigenvalue weighted by Crippen LogP contribution is -2.24. The number of carbonyl (C=O) groups is 1. The zero-order chi connectivity index (χ0) is 18.9. The van der Waals surface area contributed by atoms with E-state index >= 15 is 0 Å². The molecule has 0 aliphatic rings. The monoisotopic (exact) mass is 381 g/mol. The second-order valence-electron chi connectivity index (χ2n) is 5.93. The number of nitrogens with one attached hydrogen (secondary N) is 2. The fourth-order valence-electron chi connectivity index (χ4n) is 2.65. The smallest absolute Gasteiger partial charge is 0.306 e. The van der Waals surface area contributed by atoms with E-state index in [1.54, 1.807) is 11.3 Å². The maximum absolute atomic E-state index is 11.1. The standard InChI is InChI=1S/C21H23N3O2S/c1-26-18(25)12-13-22-14-15-23-21-24-19(16-8-4-2-5-9-16)20(27-21)17-10-6-3-7-11-17/h2-11,22H,12-15H2,1H3,(H,23,24). The molecule has 140 valence electrons. The Morgan fingerprint density at radius 1 is 0.963 bits per heavy atom. The van der Waals surface area contributed by atoms with Gasteiger partial charge in [0.2, 0.25) is 0 Å². The fourth-order valence-corrected chi connectivity index (χ4v) is 3.67. The number of rotatable bonds is 9. The lowest BCUT2D eigenvalue weighted by molar-refractivity contribution is -0.140. The molecule has 0 saturated carbocycles. The molecular formula is C21H23N3O2S. The molecule has 2 aromatic carbocycles. The predicted octanol–water partition coefficient (Wildman–Crippen LogP) is 4.04. The highest BCUT2D eigenvalue weighted by molar-refractivity contribution is 7.19. The Kier molecular flexibility index (Phi) is 6.96. The first-order valence-electron chi connectivity index (χ1n) is 8.91. The van der Waals surface area contributed by atoms with E-state index in [2.05, 4.69) is 39.6 Å². The number of thiazole rings is 1. The van der Waals surface area contributed by atoms with Crippen molar-refractivity contribution < 1.29 is 9.53 Å². The summed E-state index contributed by atoms with van der Waals surface area (Å²) in [6.07, 6.45) is 0.379. The van der Waals surface area contributed by atoms with Crippen molar-refractivity contribution >= 4 is 22.4 Å². The predicted molar refractivity (Wildman–Crippen MR) is 111 cm³/mol. The largest absolute Gasteiger partial charge is 0.469 e. The van der Waals surface area contributed by atoms with Crippen molar-refractivity contribution in [1.29, 1.82) is 0 Å². The second kappa shape index (κ2) is 9.85. The zero-order valence-electron chi connectivity index (χ0n) is 15.3. The van der Waals surface area contributed by atoms with Gasteiger partial charge in [-0.3, -0.25) is 4.79 Å². The summed E-state index contributed by atoms with van der Waals surface area (Å²) in [6, 6.07) is 20.6. The highest BCUT2D eigenvalue weighted by atomic mass is 32.1. The number of methoxy groups -OCH3 is 1. The summed E-state index contributed by atoms with van der Waals surface area (Å²) in [6.45, 7) is 2.09. The number of anilines is 1. The number of ether oxygens (including phenoxy) is 1. The molecule has 0 aliphatic carbocycles. The van der Waals surface area contributed by atoms with Gasteiger partial charge in [-0.05, 0) is 5.56 Å². The van der Waals surface area contributed by atoms with E-state index in [0.29, 0.717) is 13.0 Å². The number of esters is 1. The molecule has 2 N–H and O–H groups in total. The Labute approximate surface area is 163 Å². The van der Waals surface area contributed by atoms with E-state index in [9.17, 15) is 4.79 Å². The van der Waals surface area contributed by atoms with Gasteiger partial charge in [-0.25, -0.2) is 4.98 Å². The number of hydrogen-bond acceptors (Lipinski definition) is 6. The van der Waals surface area contributed by atoms with Gasteiger partial charge < -0.3 is 15.4 Å². The molecule has 5 nitrogen and oxygen atoms in total. The summed E-state index contributed by atoms with van der Waals surface area (Å²) in [5.74, 6) is -0.199. The molecule has 6 heteroatoms. The summed E-state index contributed by atoms with van der Waals surface area (Å²) in [7, 11) is 1.40. The average Bonchev–Trinajstić information content (AvgIpc) is 3.16. The average molecular weight is 382 g/mol. The molecule has 0 bridgehead atoms. The molecule has 0 atom stereocenters. The zero-order valence-corrected chi connectivity index (χ0v) is 16.1. The van der Waals surface area contributed by atoms with Crippen molar-refractivity contribution in [3.63, 3.8) is 0 Å². The van der Waals surface area contributed by atoms with Crippen LogP contribution in [0.1, 0.15) is 6.42 Å². The fraction of sp³-hybridized carbons (Fsp3) is 0.238. The molecule has 1 heterocycles.